The first-order valence-corrected chi connectivity index (χ1v) is 17.5. The number of esters is 1. The van der Waals surface area contributed by atoms with Crippen LogP contribution < -0.4 is 9.46 Å². The molecule has 3 rings (SSSR count). The van der Waals surface area contributed by atoms with Gasteiger partial charge >= 0.3 is 5.97 Å². The van der Waals surface area contributed by atoms with Crippen LogP contribution in [0.2, 0.25) is 0 Å². The number of ether oxygens (including phenoxy) is 2. The van der Waals surface area contributed by atoms with Crippen LogP contribution in [-0.4, -0.2) is 39.6 Å². The van der Waals surface area contributed by atoms with Gasteiger partial charge in [0.1, 0.15) is 12.4 Å². The fraction of sp³-hybridized carbons (Fsp3) is 0.581. The molecule has 0 amide bonds. The van der Waals surface area contributed by atoms with E-state index in [1.807, 2.05) is 75.4 Å². The van der Waals surface area contributed by atoms with Crippen LogP contribution in [0.15, 0.2) is 54.6 Å². The molecule has 1 aliphatic rings. The second-order valence-corrected chi connectivity index (χ2v) is 16.1. The summed E-state index contributed by atoms with van der Waals surface area (Å²) in [6, 6.07) is 17.4. The van der Waals surface area contributed by atoms with Crippen molar-refractivity contribution in [1.82, 2.24) is 4.72 Å². The number of hydrogen-bond donors (Lipinski definition) is 1. The molecular formula is C31H46NO6PS. The van der Waals surface area contributed by atoms with Crippen molar-refractivity contribution in [3.63, 3.8) is 0 Å². The van der Waals surface area contributed by atoms with Crippen molar-refractivity contribution in [3.8, 4) is 5.75 Å². The number of aryl methyl sites for hydroxylation is 1. The van der Waals surface area contributed by atoms with E-state index in [2.05, 4.69) is 4.72 Å². The van der Waals surface area contributed by atoms with Crippen LogP contribution in [0, 0.1) is 0 Å². The van der Waals surface area contributed by atoms with Crippen LogP contribution in [0.25, 0.3) is 0 Å². The second kappa shape index (κ2) is 15.9. The van der Waals surface area contributed by atoms with Crippen LogP contribution in [0.1, 0.15) is 83.8 Å². The summed E-state index contributed by atoms with van der Waals surface area (Å²) in [6.07, 6.45) is 6.87. The minimum Gasteiger partial charge on any atom is -0.490 e. The average Bonchev–Trinajstić information content (AvgIpc) is 2.94. The first-order valence-electron chi connectivity index (χ1n) is 14.5. The van der Waals surface area contributed by atoms with Crippen LogP contribution in [0.4, 0.5) is 0 Å². The maximum Gasteiger partial charge on any atom is 0.306 e. The second-order valence-electron chi connectivity index (χ2n) is 11.3. The Morgan fingerprint density at radius 3 is 2.40 bits per heavy atom. The summed E-state index contributed by atoms with van der Waals surface area (Å²) in [5, 5.41) is 0. The van der Waals surface area contributed by atoms with E-state index < -0.39 is 34.9 Å². The lowest BCUT2D eigenvalue weighted by molar-refractivity contribution is -0.145. The Morgan fingerprint density at radius 1 is 1.05 bits per heavy atom. The van der Waals surface area contributed by atoms with Crippen LogP contribution in [0.5, 0.6) is 5.75 Å². The van der Waals surface area contributed by atoms with Gasteiger partial charge in [-0.15, -0.1) is 0 Å². The van der Waals surface area contributed by atoms with Crippen LogP contribution in [0.3, 0.4) is 0 Å². The molecule has 40 heavy (non-hydrogen) atoms. The highest BCUT2D eigenvalue weighted by Gasteiger charge is 2.37. The summed E-state index contributed by atoms with van der Waals surface area (Å²) in [7, 11) is -4.88. The Bertz CT molecular complexity index is 1130. The number of para-hydroxylation sites is 1. The smallest absolute Gasteiger partial charge is 0.306 e. The van der Waals surface area contributed by atoms with Crippen molar-refractivity contribution in [1.29, 1.82) is 0 Å². The molecule has 1 fully saturated rings. The predicted octanol–water partition coefficient (Wildman–Crippen LogP) is 7.16. The Morgan fingerprint density at radius 2 is 1.73 bits per heavy atom. The molecule has 9 heteroatoms. The van der Waals surface area contributed by atoms with E-state index in [4.69, 9.17) is 14.0 Å². The van der Waals surface area contributed by atoms with Gasteiger partial charge < -0.3 is 14.0 Å². The number of nitrogens with one attached hydrogen (secondary N) is 1. The lowest BCUT2D eigenvalue weighted by atomic mass is 9.97. The predicted molar refractivity (Wildman–Crippen MR) is 162 cm³/mol. The SMILES string of the molecule is CCOP(=O)(CCc1ccccc1OC1CCCCC1)[C@H](CCC(=O)OCc1ccccc1)N[S@@](=O)C(C)(C)C. The first-order chi connectivity index (χ1) is 19.1. The summed E-state index contributed by atoms with van der Waals surface area (Å²) >= 11 is 0. The van der Waals surface area contributed by atoms with E-state index in [1.54, 1.807) is 6.92 Å². The van der Waals surface area contributed by atoms with Gasteiger partial charge in [-0.3, -0.25) is 9.36 Å². The lowest BCUT2D eigenvalue weighted by Gasteiger charge is -2.30. The third-order valence-corrected chi connectivity index (χ3v) is 11.7. The Kier molecular flexibility index (Phi) is 12.9. The van der Waals surface area contributed by atoms with E-state index >= 15 is 0 Å². The minimum atomic E-state index is -3.38. The Hall–Kier alpha value is -1.99. The quantitative estimate of drug-likeness (QED) is 0.175. The highest BCUT2D eigenvalue weighted by atomic mass is 32.2. The number of carbonyl (C=O) groups is 1. The van der Waals surface area contributed by atoms with Gasteiger partial charge in [0.05, 0.1) is 34.2 Å². The molecular weight excluding hydrogens is 545 g/mol. The maximum absolute atomic E-state index is 14.4. The minimum absolute atomic E-state index is 0.0320. The zero-order chi connectivity index (χ0) is 29.0. The molecule has 0 saturated heterocycles. The van der Waals surface area contributed by atoms with Crippen molar-refractivity contribution in [2.75, 3.05) is 12.8 Å². The van der Waals surface area contributed by atoms with Gasteiger partial charge in [-0.05, 0) is 83.4 Å². The molecule has 1 unspecified atom stereocenters. The lowest BCUT2D eigenvalue weighted by Crippen LogP contribution is -2.41. The van der Waals surface area contributed by atoms with Gasteiger partial charge in [0, 0.05) is 12.6 Å². The summed E-state index contributed by atoms with van der Waals surface area (Å²) in [5.74, 6) is -0.334. The van der Waals surface area contributed by atoms with Gasteiger partial charge in [-0.2, -0.15) is 0 Å². The summed E-state index contributed by atoms with van der Waals surface area (Å²) < 4.78 is 47.8. The first kappa shape index (κ1) is 32.5. The van der Waals surface area contributed by atoms with Crippen molar-refractivity contribution >= 4 is 24.3 Å². The van der Waals surface area contributed by atoms with E-state index in [-0.39, 0.29) is 38.3 Å². The molecule has 0 aromatic heterocycles. The van der Waals surface area contributed by atoms with E-state index in [0.29, 0.717) is 6.42 Å². The van der Waals surface area contributed by atoms with Gasteiger partial charge in [0.2, 0.25) is 7.37 Å². The van der Waals surface area contributed by atoms with Gasteiger partial charge in [-0.1, -0.05) is 55.0 Å². The van der Waals surface area contributed by atoms with E-state index in [0.717, 1.165) is 29.7 Å². The highest BCUT2D eigenvalue weighted by Crippen LogP contribution is 2.53. The van der Waals surface area contributed by atoms with E-state index in [1.165, 1.54) is 19.3 Å². The third kappa shape index (κ3) is 10.4. The van der Waals surface area contributed by atoms with Crippen molar-refractivity contribution in [2.24, 2.45) is 0 Å². The summed E-state index contributed by atoms with van der Waals surface area (Å²) in [4.78, 5) is 12.6. The number of carbonyl (C=O) groups excluding carboxylic acids is 1. The fourth-order valence-electron chi connectivity index (χ4n) is 4.69. The topological polar surface area (TPSA) is 90.9 Å². The monoisotopic (exact) mass is 591 g/mol. The molecule has 1 aliphatic carbocycles. The average molecular weight is 592 g/mol. The molecule has 7 nitrogen and oxygen atoms in total. The number of benzene rings is 2. The van der Waals surface area contributed by atoms with Crippen LogP contribution in [-0.2, 0) is 42.6 Å². The molecule has 1 saturated carbocycles. The molecule has 0 radical (unpaired) electrons. The molecule has 0 spiro atoms. The van der Waals surface area contributed by atoms with Gasteiger partial charge in [0.15, 0.2) is 0 Å². The number of hydrogen-bond acceptors (Lipinski definition) is 6. The molecule has 2 aromatic rings. The molecule has 222 valence electrons. The number of rotatable bonds is 15. The largest absolute Gasteiger partial charge is 0.490 e. The molecule has 1 N–H and O–H groups in total. The van der Waals surface area contributed by atoms with Crippen molar-refractivity contribution in [2.45, 2.75) is 102 Å². The Labute approximate surface area is 242 Å². The van der Waals surface area contributed by atoms with Crippen molar-refractivity contribution < 1.29 is 27.6 Å². The summed E-state index contributed by atoms with van der Waals surface area (Å²) in [6.45, 7) is 7.78. The maximum atomic E-state index is 14.4. The Balaban J connectivity index is 1.72. The third-order valence-electron chi connectivity index (χ3n) is 7.00. The van der Waals surface area contributed by atoms with Crippen LogP contribution >= 0.6 is 7.37 Å². The van der Waals surface area contributed by atoms with Crippen molar-refractivity contribution in [3.05, 3.63) is 65.7 Å². The fourth-order valence-corrected chi connectivity index (χ4v) is 8.48. The highest BCUT2D eigenvalue weighted by molar-refractivity contribution is 7.84. The van der Waals surface area contributed by atoms with E-state index in [9.17, 15) is 13.6 Å². The molecule has 3 atom stereocenters. The zero-order valence-corrected chi connectivity index (χ0v) is 26.1. The molecule has 0 heterocycles. The molecule has 0 aliphatic heterocycles. The zero-order valence-electron chi connectivity index (χ0n) is 24.4. The normalized spacial score (nSPS) is 17.5. The standard InChI is InChI=1S/C31H46NO6PS/c1-5-37-39(34,23-22-26-16-12-13-19-28(26)38-27-17-10-7-11-18-27)29(32-40(35)31(2,3)4)20-21-30(33)36-24-25-14-8-6-9-15-25/h6,8-9,12-16,19,27,29,32H,5,7,10-11,17-18,20-24H2,1-4H3/t29-,39?,40+/m1/s1. The molecule has 2 aromatic carbocycles. The van der Waals surface area contributed by atoms with Gasteiger partial charge in [-0.25, -0.2) is 8.93 Å². The summed E-state index contributed by atoms with van der Waals surface area (Å²) in [5.41, 5.74) is 1.87. The molecule has 0 bridgehead atoms. The van der Waals surface area contributed by atoms with Gasteiger partial charge in [0.25, 0.3) is 0 Å².